The molecule has 1 aromatic carbocycles. The smallest absolute Gasteiger partial charge is 0.123 e. The summed E-state index contributed by atoms with van der Waals surface area (Å²) in [4.78, 5) is 5.96. The van der Waals surface area contributed by atoms with Crippen LogP contribution in [0.2, 0.25) is 4.34 Å². The van der Waals surface area contributed by atoms with Gasteiger partial charge in [-0.2, -0.15) is 0 Å². The molecule has 0 amide bonds. The molecule has 0 aliphatic heterocycles. The van der Waals surface area contributed by atoms with Gasteiger partial charge in [-0.1, -0.05) is 23.7 Å². The molecule has 0 bridgehead atoms. The van der Waals surface area contributed by atoms with E-state index < -0.39 is 0 Å². The van der Waals surface area contributed by atoms with Gasteiger partial charge in [-0.15, -0.1) is 11.3 Å². The molecule has 0 spiro atoms. The van der Waals surface area contributed by atoms with Crippen molar-refractivity contribution in [3.63, 3.8) is 0 Å². The van der Waals surface area contributed by atoms with E-state index in [1.54, 1.807) is 11.3 Å². The van der Waals surface area contributed by atoms with E-state index in [1.807, 2.05) is 24.3 Å². The number of hydrogen-bond acceptors (Lipinski definition) is 3. The number of fused-ring (bicyclic) bond motifs is 1. The summed E-state index contributed by atoms with van der Waals surface area (Å²) in [7, 11) is 2.06. The van der Waals surface area contributed by atoms with E-state index in [1.165, 1.54) is 10.4 Å². The van der Waals surface area contributed by atoms with Crippen molar-refractivity contribution in [1.82, 2.24) is 14.9 Å². The lowest BCUT2D eigenvalue weighted by atomic mass is 10.3. The van der Waals surface area contributed by atoms with E-state index in [-0.39, 0.29) is 0 Å². The first-order valence-electron chi connectivity index (χ1n) is 6.59. The van der Waals surface area contributed by atoms with Crippen molar-refractivity contribution in [1.29, 1.82) is 0 Å². The average molecular weight is 306 g/mol. The minimum Gasteiger partial charge on any atom is -0.330 e. The van der Waals surface area contributed by atoms with Gasteiger partial charge in [0.05, 0.1) is 21.9 Å². The minimum atomic E-state index is 0.782. The Morgan fingerprint density at radius 3 is 2.85 bits per heavy atom. The van der Waals surface area contributed by atoms with E-state index in [9.17, 15) is 0 Å². The maximum Gasteiger partial charge on any atom is 0.123 e. The van der Waals surface area contributed by atoms with E-state index in [0.29, 0.717) is 0 Å². The van der Waals surface area contributed by atoms with Crippen molar-refractivity contribution in [3.05, 3.63) is 51.4 Å². The summed E-state index contributed by atoms with van der Waals surface area (Å²) in [6.07, 6.45) is 1.00. The molecule has 3 nitrogen and oxygen atoms in total. The highest BCUT2D eigenvalue weighted by atomic mass is 35.5. The van der Waals surface area contributed by atoms with Crippen molar-refractivity contribution in [2.75, 3.05) is 6.54 Å². The molecule has 20 heavy (non-hydrogen) atoms. The zero-order valence-electron chi connectivity index (χ0n) is 11.3. The highest BCUT2D eigenvalue weighted by Crippen LogP contribution is 2.21. The van der Waals surface area contributed by atoms with Gasteiger partial charge in [-0.3, -0.25) is 0 Å². The number of aromatic nitrogens is 2. The predicted molar refractivity (Wildman–Crippen MR) is 85.5 cm³/mol. The lowest BCUT2D eigenvalue weighted by Crippen LogP contribution is -2.18. The van der Waals surface area contributed by atoms with Crippen molar-refractivity contribution in [2.24, 2.45) is 7.05 Å². The number of imidazole rings is 1. The first-order valence-corrected chi connectivity index (χ1v) is 7.79. The fourth-order valence-electron chi connectivity index (χ4n) is 2.25. The van der Waals surface area contributed by atoms with Crippen LogP contribution in [0.5, 0.6) is 0 Å². The zero-order valence-corrected chi connectivity index (χ0v) is 12.8. The number of hydrogen-bond donors (Lipinski definition) is 1. The summed E-state index contributed by atoms with van der Waals surface area (Å²) in [6, 6.07) is 12.2. The maximum atomic E-state index is 5.92. The van der Waals surface area contributed by atoms with Crippen LogP contribution in [-0.2, 0) is 20.0 Å². The normalized spacial score (nSPS) is 11.3. The second-order valence-corrected chi connectivity index (χ2v) is 6.51. The molecule has 104 valence electrons. The number of nitrogens with one attached hydrogen (secondary N) is 1. The first-order chi connectivity index (χ1) is 9.74. The van der Waals surface area contributed by atoms with E-state index in [4.69, 9.17) is 11.6 Å². The second kappa shape index (κ2) is 5.95. The van der Waals surface area contributed by atoms with Crippen LogP contribution in [0.1, 0.15) is 10.7 Å². The van der Waals surface area contributed by atoms with Gasteiger partial charge in [0.25, 0.3) is 0 Å². The fourth-order valence-corrected chi connectivity index (χ4v) is 3.34. The molecular weight excluding hydrogens is 290 g/mol. The zero-order chi connectivity index (χ0) is 13.9. The van der Waals surface area contributed by atoms with Crippen LogP contribution in [0.25, 0.3) is 11.0 Å². The van der Waals surface area contributed by atoms with Gasteiger partial charge in [-0.25, -0.2) is 4.98 Å². The third-order valence-corrected chi connectivity index (χ3v) is 4.63. The van der Waals surface area contributed by atoms with Gasteiger partial charge in [0.2, 0.25) is 0 Å². The number of rotatable bonds is 5. The molecule has 0 saturated carbocycles. The summed E-state index contributed by atoms with van der Waals surface area (Å²) in [5.74, 6) is 1.07. The van der Waals surface area contributed by atoms with Gasteiger partial charge in [0.1, 0.15) is 5.82 Å². The number of halogens is 1. The standard InChI is InChI=1S/C15H16ClN3S/c1-19-13-5-3-2-4-12(13)18-15(19)10-17-9-8-11-6-7-14(16)20-11/h2-7,17H,8-10H2,1H3. The Kier molecular flexibility index (Phi) is 4.05. The lowest BCUT2D eigenvalue weighted by Gasteiger charge is -2.04. The van der Waals surface area contributed by atoms with Crippen molar-refractivity contribution in [2.45, 2.75) is 13.0 Å². The molecule has 5 heteroatoms. The number of aryl methyl sites for hydroxylation is 1. The Hall–Kier alpha value is -1.36. The summed E-state index contributed by atoms with van der Waals surface area (Å²) < 4.78 is 3.00. The Balaban J connectivity index is 1.58. The number of nitrogens with zero attached hydrogens (tertiary/aromatic N) is 2. The topological polar surface area (TPSA) is 29.9 Å². The van der Waals surface area contributed by atoms with Crippen molar-refractivity contribution < 1.29 is 0 Å². The molecule has 3 aromatic rings. The first kappa shape index (κ1) is 13.6. The van der Waals surface area contributed by atoms with Gasteiger partial charge < -0.3 is 9.88 Å². The molecule has 0 radical (unpaired) electrons. The van der Waals surface area contributed by atoms with Crippen LogP contribution < -0.4 is 5.32 Å². The van der Waals surface area contributed by atoms with E-state index >= 15 is 0 Å². The minimum absolute atomic E-state index is 0.782. The molecule has 0 fully saturated rings. The number of benzene rings is 1. The van der Waals surface area contributed by atoms with Gasteiger partial charge >= 0.3 is 0 Å². The maximum absolute atomic E-state index is 5.92. The molecule has 3 rings (SSSR count). The molecule has 2 heterocycles. The highest BCUT2D eigenvalue weighted by molar-refractivity contribution is 7.16. The largest absolute Gasteiger partial charge is 0.330 e. The summed E-state index contributed by atoms with van der Waals surface area (Å²) in [6.45, 7) is 1.71. The molecule has 0 saturated heterocycles. The molecular formula is C15H16ClN3S. The van der Waals surface area contributed by atoms with Gasteiger partial charge in [-0.05, 0) is 30.7 Å². The van der Waals surface area contributed by atoms with Crippen LogP contribution in [0.3, 0.4) is 0 Å². The fraction of sp³-hybridized carbons (Fsp3) is 0.267. The van der Waals surface area contributed by atoms with Crippen LogP contribution >= 0.6 is 22.9 Å². The lowest BCUT2D eigenvalue weighted by molar-refractivity contribution is 0.644. The van der Waals surface area contributed by atoms with Crippen molar-refractivity contribution in [3.8, 4) is 0 Å². The SMILES string of the molecule is Cn1c(CNCCc2ccc(Cl)s2)nc2ccccc21. The second-order valence-electron chi connectivity index (χ2n) is 4.71. The summed E-state index contributed by atoms with van der Waals surface area (Å²) in [5.41, 5.74) is 2.23. The van der Waals surface area contributed by atoms with Crippen LogP contribution in [-0.4, -0.2) is 16.1 Å². The van der Waals surface area contributed by atoms with Crippen molar-refractivity contribution >= 4 is 34.0 Å². The Morgan fingerprint density at radius 2 is 2.10 bits per heavy atom. The Morgan fingerprint density at radius 1 is 1.25 bits per heavy atom. The Bertz CT molecular complexity index is 717. The van der Waals surface area contributed by atoms with E-state index in [2.05, 4.69) is 34.0 Å². The molecule has 0 unspecified atom stereocenters. The predicted octanol–water partition coefficient (Wildman–Crippen LogP) is 3.62. The molecule has 0 atom stereocenters. The van der Waals surface area contributed by atoms with Crippen LogP contribution in [0.15, 0.2) is 36.4 Å². The third kappa shape index (κ3) is 2.87. The van der Waals surface area contributed by atoms with Crippen LogP contribution in [0, 0.1) is 0 Å². The number of para-hydroxylation sites is 2. The van der Waals surface area contributed by atoms with E-state index in [0.717, 1.165) is 35.2 Å². The molecule has 0 aliphatic rings. The molecule has 2 aromatic heterocycles. The highest BCUT2D eigenvalue weighted by Gasteiger charge is 2.06. The molecule has 1 N–H and O–H groups in total. The Labute approximate surface area is 127 Å². The summed E-state index contributed by atoms with van der Waals surface area (Å²) >= 11 is 7.57. The molecule has 0 aliphatic carbocycles. The third-order valence-electron chi connectivity index (χ3n) is 3.34. The average Bonchev–Trinajstić information content (AvgIpc) is 3.00. The van der Waals surface area contributed by atoms with Gasteiger partial charge in [0, 0.05) is 18.5 Å². The monoisotopic (exact) mass is 305 g/mol. The van der Waals surface area contributed by atoms with Gasteiger partial charge in [0.15, 0.2) is 0 Å². The van der Waals surface area contributed by atoms with Crippen LogP contribution in [0.4, 0.5) is 0 Å². The quantitative estimate of drug-likeness (QED) is 0.730. The number of thiophene rings is 1. The summed E-state index contributed by atoms with van der Waals surface area (Å²) in [5, 5.41) is 3.44.